The Bertz CT molecular complexity index is 692. The molecule has 0 aliphatic heterocycles. The van der Waals surface area contributed by atoms with Crippen molar-refractivity contribution in [3.63, 3.8) is 0 Å². The van der Waals surface area contributed by atoms with Gasteiger partial charge in [-0.1, -0.05) is 50.0 Å². The molecule has 0 fully saturated rings. The van der Waals surface area contributed by atoms with Crippen molar-refractivity contribution in [1.82, 2.24) is 4.90 Å². The van der Waals surface area contributed by atoms with Crippen LogP contribution < -0.4 is 0 Å². The van der Waals surface area contributed by atoms with Crippen LogP contribution in [-0.2, 0) is 9.59 Å². The van der Waals surface area contributed by atoms with Crippen molar-refractivity contribution in [1.29, 1.82) is 0 Å². The van der Waals surface area contributed by atoms with E-state index in [4.69, 9.17) is 0 Å². The number of allylic oxidation sites excluding steroid dienone is 2. The molecule has 2 rings (SSSR count). The van der Waals surface area contributed by atoms with E-state index >= 15 is 0 Å². The van der Waals surface area contributed by atoms with E-state index in [-0.39, 0.29) is 11.6 Å². The average Bonchev–Trinajstić information content (AvgIpc) is 2.63. The predicted octanol–water partition coefficient (Wildman–Crippen LogP) is 3.31. The Morgan fingerprint density at radius 1 is 0.955 bits per heavy atom. The first-order valence-corrected chi connectivity index (χ1v) is 10.9. The smallest absolute Gasteiger partial charge is 0.213 e. The van der Waals surface area contributed by atoms with Crippen LogP contribution in [0.4, 0.5) is 0 Å². The quantitative estimate of drug-likeness (QED) is 0.488. The lowest BCUT2D eigenvalue weighted by atomic mass is 10.1. The van der Waals surface area contributed by atoms with Crippen LogP contribution in [0.5, 0.6) is 0 Å². The number of hydrogen-bond acceptors (Lipinski definition) is 3. The number of rotatable bonds is 3. The number of benzene rings is 1. The summed E-state index contributed by atoms with van der Waals surface area (Å²) in [7, 11) is 1.74. The third-order valence-corrected chi connectivity index (χ3v) is 5.91. The van der Waals surface area contributed by atoms with Crippen LogP contribution in [0, 0.1) is 0 Å². The summed E-state index contributed by atoms with van der Waals surface area (Å²) in [6.07, 6.45) is 0. The maximum absolute atomic E-state index is 12.9. The number of Topliss-reactive ketones (excluding diaryl/α,β-unsaturated/α-hetero) is 2. The minimum Gasteiger partial charge on any atom is -0.374 e. The maximum Gasteiger partial charge on any atom is 0.213 e. The van der Waals surface area contributed by atoms with E-state index in [2.05, 4.69) is 19.6 Å². The number of nitrogens with zero attached hydrogens (tertiary/aromatic N) is 1. The molecule has 0 saturated carbocycles. The van der Waals surface area contributed by atoms with Crippen molar-refractivity contribution < 1.29 is 9.59 Å². The minimum atomic E-state index is -1.88. The van der Waals surface area contributed by atoms with Gasteiger partial charge in [0.15, 0.2) is 5.78 Å². The van der Waals surface area contributed by atoms with Gasteiger partial charge in [0.1, 0.15) is 0 Å². The molecule has 0 bridgehead atoms. The Morgan fingerprint density at radius 2 is 1.50 bits per heavy atom. The van der Waals surface area contributed by atoms with E-state index in [0.29, 0.717) is 16.8 Å². The number of hydrogen-bond donors (Lipinski definition) is 0. The third-order valence-electron chi connectivity index (χ3n) is 3.87. The standard InChI is InChI=1S/C18H23NO2Si/c1-12-15(19(2)3)17(21)14(16(12)20)18(22(4,5)6)13-10-8-7-9-11-13/h7-11H,1-6H3/b18-14-. The van der Waals surface area contributed by atoms with Gasteiger partial charge >= 0.3 is 0 Å². The highest BCUT2D eigenvalue weighted by atomic mass is 28.3. The van der Waals surface area contributed by atoms with Gasteiger partial charge in [-0.2, -0.15) is 0 Å². The third kappa shape index (κ3) is 2.71. The molecule has 0 atom stereocenters. The molecule has 0 radical (unpaired) electrons. The molecule has 3 nitrogen and oxygen atoms in total. The highest BCUT2D eigenvalue weighted by Crippen LogP contribution is 2.36. The van der Waals surface area contributed by atoms with Gasteiger partial charge in [0, 0.05) is 19.7 Å². The van der Waals surface area contributed by atoms with Gasteiger partial charge in [-0.05, 0) is 17.7 Å². The zero-order chi connectivity index (χ0) is 16.7. The molecule has 1 aliphatic rings. The maximum atomic E-state index is 12.9. The van der Waals surface area contributed by atoms with Crippen LogP contribution in [0.25, 0.3) is 5.20 Å². The fourth-order valence-corrected chi connectivity index (χ4v) is 5.02. The summed E-state index contributed by atoms with van der Waals surface area (Å²) in [6.45, 7) is 8.26. The molecular formula is C18H23NO2Si. The number of carbonyl (C=O) groups is 2. The average molecular weight is 313 g/mol. The second kappa shape index (κ2) is 5.69. The zero-order valence-electron chi connectivity index (χ0n) is 14.2. The molecule has 0 spiro atoms. The van der Waals surface area contributed by atoms with Crippen molar-refractivity contribution in [2.45, 2.75) is 26.6 Å². The first-order valence-electron chi connectivity index (χ1n) is 7.44. The molecule has 116 valence electrons. The molecule has 0 aromatic heterocycles. The van der Waals surface area contributed by atoms with Gasteiger partial charge in [0.05, 0.1) is 19.3 Å². The Labute approximate surface area is 133 Å². The van der Waals surface area contributed by atoms with Crippen LogP contribution in [0.3, 0.4) is 0 Å². The highest BCUT2D eigenvalue weighted by Gasteiger charge is 2.40. The summed E-state index contributed by atoms with van der Waals surface area (Å²) < 4.78 is 0. The first kappa shape index (κ1) is 16.4. The van der Waals surface area contributed by atoms with Crippen molar-refractivity contribution in [3.05, 3.63) is 52.7 Å². The van der Waals surface area contributed by atoms with Crippen LogP contribution in [0.15, 0.2) is 47.2 Å². The molecule has 4 heteroatoms. The number of carbonyl (C=O) groups excluding carboxylic acids is 2. The summed E-state index contributed by atoms with van der Waals surface area (Å²) in [5.41, 5.74) is 2.45. The SMILES string of the molecule is CC1=C(N(C)C)C(=O)/C(=C(/c2ccccc2)[Si](C)(C)C)C1=O. The Balaban J connectivity index is 2.75. The van der Waals surface area contributed by atoms with Crippen LogP contribution in [0.1, 0.15) is 12.5 Å². The summed E-state index contributed by atoms with van der Waals surface area (Å²) in [5.74, 6) is -0.247. The van der Waals surface area contributed by atoms with Crippen molar-refractivity contribution in [2.75, 3.05) is 14.1 Å². The van der Waals surface area contributed by atoms with E-state index in [9.17, 15) is 9.59 Å². The lowest BCUT2D eigenvalue weighted by molar-refractivity contribution is -0.116. The lowest BCUT2D eigenvalue weighted by Crippen LogP contribution is -2.28. The fourth-order valence-electron chi connectivity index (χ4n) is 3.01. The van der Waals surface area contributed by atoms with Crippen LogP contribution in [-0.4, -0.2) is 38.6 Å². The number of likely N-dealkylation sites (N-methyl/N-ethyl adjacent to an activating group) is 1. The van der Waals surface area contributed by atoms with E-state index in [1.165, 1.54) is 0 Å². The number of ketones is 2. The lowest BCUT2D eigenvalue weighted by Gasteiger charge is -2.24. The van der Waals surface area contributed by atoms with E-state index in [0.717, 1.165) is 10.8 Å². The second-order valence-electron chi connectivity index (χ2n) is 6.89. The van der Waals surface area contributed by atoms with Gasteiger partial charge in [-0.25, -0.2) is 0 Å². The molecule has 1 aliphatic carbocycles. The highest BCUT2D eigenvalue weighted by molar-refractivity contribution is 6.95. The van der Waals surface area contributed by atoms with Crippen molar-refractivity contribution >= 4 is 24.8 Å². The van der Waals surface area contributed by atoms with Gasteiger partial charge in [0.25, 0.3) is 0 Å². The molecule has 22 heavy (non-hydrogen) atoms. The van der Waals surface area contributed by atoms with E-state index < -0.39 is 8.07 Å². The zero-order valence-corrected chi connectivity index (χ0v) is 15.2. The monoisotopic (exact) mass is 313 g/mol. The van der Waals surface area contributed by atoms with Crippen LogP contribution in [0.2, 0.25) is 19.6 Å². The van der Waals surface area contributed by atoms with E-state index in [1.807, 2.05) is 44.4 Å². The summed E-state index contributed by atoms with van der Waals surface area (Å²) in [4.78, 5) is 27.4. The molecule has 1 aromatic carbocycles. The molecule has 0 heterocycles. The first-order chi connectivity index (χ1) is 10.2. The minimum absolute atomic E-state index is 0.116. The fraction of sp³-hybridized carbons (Fsp3) is 0.333. The van der Waals surface area contributed by atoms with Gasteiger partial charge in [-0.3, -0.25) is 9.59 Å². The Morgan fingerprint density at radius 3 is 1.91 bits per heavy atom. The van der Waals surface area contributed by atoms with Gasteiger partial charge < -0.3 is 4.90 Å². The van der Waals surface area contributed by atoms with Gasteiger partial charge in [0.2, 0.25) is 5.78 Å². The normalized spacial score (nSPS) is 18.1. The molecular weight excluding hydrogens is 290 g/mol. The molecule has 0 N–H and O–H groups in total. The van der Waals surface area contributed by atoms with Gasteiger partial charge in [-0.15, -0.1) is 0 Å². The predicted molar refractivity (Wildman–Crippen MR) is 93.1 cm³/mol. The molecule has 0 unspecified atom stereocenters. The summed E-state index contributed by atoms with van der Waals surface area (Å²) in [6, 6.07) is 9.83. The van der Waals surface area contributed by atoms with E-state index in [1.54, 1.807) is 11.8 Å². The van der Waals surface area contributed by atoms with Crippen LogP contribution >= 0.6 is 0 Å². The van der Waals surface area contributed by atoms with Crippen molar-refractivity contribution in [2.24, 2.45) is 0 Å². The summed E-state index contributed by atoms with van der Waals surface area (Å²) >= 11 is 0. The molecule has 0 saturated heterocycles. The van der Waals surface area contributed by atoms with Crippen molar-refractivity contribution in [3.8, 4) is 0 Å². The molecule has 1 aromatic rings. The Hall–Kier alpha value is -1.94. The molecule has 0 amide bonds. The summed E-state index contributed by atoms with van der Waals surface area (Å²) in [5, 5.41) is 0.958. The largest absolute Gasteiger partial charge is 0.374 e. The second-order valence-corrected chi connectivity index (χ2v) is 11.9. The Kier molecular flexibility index (Phi) is 4.25. The topological polar surface area (TPSA) is 37.4 Å².